The van der Waals surface area contributed by atoms with Gasteiger partial charge >= 0.3 is 6.18 Å². The summed E-state index contributed by atoms with van der Waals surface area (Å²) in [6, 6.07) is 4.07. The predicted molar refractivity (Wildman–Crippen MR) is 58.8 cm³/mol. The summed E-state index contributed by atoms with van der Waals surface area (Å²) in [5, 5.41) is 2.36. The average Bonchev–Trinajstić information content (AvgIpc) is 2.33. The number of carbonyl (C=O) groups is 1. The van der Waals surface area contributed by atoms with E-state index < -0.39 is 17.6 Å². The number of halogens is 3. The standard InChI is InChI=1S/C12H10F3NO2/c1-2-7-16-11(17)8-18-10-5-3-9(4-6-10)12(13,14)15/h1,3-6H,7-8H2,(H,16,17). The third-order valence-corrected chi connectivity index (χ3v) is 1.94. The second-order valence-corrected chi connectivity index (χ2v) is 3.29. The first kappa shape index (κ1) is 13.9. The van der Waals surface area contributed by atoms with Crippen molar-refractivity contribution in [1.29, 1.82) is 0 Å². The zero-order valence-electron chi connectivity index (χ0n) is 9.25. The lowest BCUT2D eigenvalue weighted by Gasteiger charge is -2.08. The molecule has 6 heteroatoms. The van der Waals surface area contributed by atoms with Crippen LogP contribution < -0.4 is 10.1 Å². The summed E-state index contributed by atoms with van der Waals surface area (Å²) in [6.07, 6.45) is 0.543. The van der Waals surface area contributed by atoms with Gasteiger partial charge in [-0.3, -0.25) is 4.79 Å². The first-order chi connectivity index (χ1) is 8.43. The van der Waals surface area contributed by atoms with Crippen LogP contribution in [0.3, 0.4) is 0 Å². The quantitative estimate of drug-likeness (QED) is 0.836. The van der Waals surface area contributed by atoms with Crippen molar-refractivity contribution >= 4 is 5.91 Å². The lowest BCUT2D eigenvalue weighted by Crippen LogP contribution is -2.29. The molecular weight excluding hydrogens is 247 g/mol. The van der Waals surface area contributed by atoms with Crippen molar-refractivity contribution in [1.82, 2.24) is 5.32 Å². The van der Waals surface area contributed by atoms with E-state index in [1.54, 1.807) is 0 Å². The van der Waals surface area contributed by atoms with Gasteiger partial charge in [-0.1, -0.05) is 5.92 Å². The van der Waals surface area contributed by atoms with E-state index in [1.165, 1.54) is 0 Å². The van der Waals surface area contributed by atoms with Gasteiger partial charge in [0.25, 0.3) is 5.91 Å². The maximum absolute atomic E-state index is 12.2. The van der Waals surface area contributed by atoms with E-state index in [9.17, 15) is 18.0 Å². The van der Waals surface area contributed by atoms with E-state index in [-0.39, 0.29) is 18.9 Å². The summed E-state index contributed by atoms with van der Waals surface area (Å²) in [5.74, 6) is 1.95. The summed E-state index contributed by atoms with van der Waals surface area (Å²) in [7, 11) is 0. The molecule has 0 heterocycles. The Labute approximate surface area is 102 Å². The van der Waals surface area contributed by atoms with Crippen LogP contribution in [0.4, 0.5) is 13.2 Å². The molecule has 0 bridgehead atoms. The summed E-state index contributed by atoms with van der Waals surface area (Å²) < 4.78 is 41.7. The normalized spacial score (nSPS) is 10.6. The lowest BCUT2D eigenvalue weighted by molar-refractivity contribution is -0.137. The monoisotopic (exact) mass is 257 g/mol. The van der Waals surface area contributed by atoms with Crippen molar-refractivity contribution in [2.45, 2.75) is 6.18 Å². The van der Waals surface area contributed by atoms with Gasteiger partial charge in [0.15, 0.2) is 6.61 Å². The lowest BCUT2D eigenvalue weighted by atomic mass is 10.2. The Morgan fingerprint density at radius 1 is 1.33 bits per heavy atom. The van der Waals surface area contributed by atoms with Crippen LogP contribution in [0, 0.1) is 12.3 Å². The van der Waals surface area contributed by atoms with Crippen molar-refractivity contribution in [3.05, 3.63) is 29.8 Å². The first-order valence-electron chi connectivity index (χ1n) is 4.93. The zero-order chi connectivity index (χ0) is 13.6. The van der Waals surface area contributed by atoms with E-state index >= 15 is 0 Å². The Morgan fingerprint density at radius 2 is 1.94 bits per heavy atom. The zero-order valence-corrected chi connectivity index (χ0v) is 9.25. The Morgan fingerprint density at radius 3 is 2.44 bits per heavy atom. The van der Waals surface area contributed by atoms with Gasteiger partial charge in [0.05, 0.1) is 12.1 Å². The summed E-state index contributed by atoms with van der Waals surface area (Å²) >= 11 is 0. The predicted octanol–water partition coefficient (Wildman–Crippen LogP) is 1.83. The second-order valence-electron chi connectivity index (χ2n) is 3.29. The smallest absolute Gasteiger partial charge is 0.416 e. The van der Waals surface area contributed by atoms with Crippen LogP contribution >= 0.6 is 0 Å². The number of terminal acetylenes is 1. The molecule has 1 N–H and O–H groups in total. The fourth-order valence-corrected chi connectivity index (χ4v) is 1.09. The molecule has 1 amide bonds. The summed E-state index contributed by atoms with van der Waals surface area (Å²) in [5.41, 5.74) is -0.772. The number of rotatable bonds is 4. The Bertz CT molecular complexity index is 446. The first-order valence-corrected chi connectivity index (χ1v) is 4.93. The van der Waals surface area contributed by atoms with E-state index in [4.69, 9.17) is 11.2 Å². The number of alkyl halides is 3. The highest BCUT2D eigenvalue weighted by atomic mass is 19.4. The minimum atomic E-state index is -4.39. The molecule has 0 saturated carbocycles. The molecule has 0 unspecified atom stereocenters. The topological polar surface area (TPSA) is 38.3 Å². The molecule has 0 aromatic heterocycles. The number of hydrogen-bond donors (Lipinski definition) is 1. The van der Waals surface area contributed by atoms with Crippen molar-refractivity contribution in [2.75, 3.05) is 13.2 Å². The van der Waals surface area contributed by atoms with Crippen molar-refractivity contribution in [3.8, 4) is 18.1 Å². The number of benzene rings is 1. The molecule has 0 aliphatic carbocycles. The molecule has 0 atom stereocenters. The van der Waals surface area contributed by atoms with Gasteiger partial charge in [0.1, 0.15) is 5.75 Å². The van der Waals surface area contributed by atoms with Crippen LogP contribution in [-0.4, -0.2) is 19.1 Å². The number of amides is 1. The highest BCUT2D eigenvalue weighted by Gasteiger charge is 2.29. The fourth-order valence-electron chi connectivity index (χ4n) is 1.09. The van der Waals surface area contributed by atoms with Crippen LogP contribution in [0.15, 0.2) is 24.3 Å². The third-order valence-electron chi connectivity index (χ3n) is 1.94. The van der Waals surface area contributed by atoms with E-state index in [0.717, 1.165) is 24.3 Å². The molecule has 18 heavy (non-hydrogen) atoms. The number of hydrogen-bond acceptors (Lipinski definition) is 2. The molecule has 1 rings (SSSR count). The molecule has 0 aliphatic rings. The van der Waals surface area contributed by atoms with Gasteiger partial charge in [0.2, 0.25) is 0 Å². The van der Waals surface area contributed by atoms with Crippen molar-refractivity contribution < 1.29 is 22.7 Å². The number of ether oxygens (including phenoxy) is 1. The second kappa shape index (κ2) is 5.96. The van der Waals surface area contributed by atoms with E-state index in [1.807, 2.05) is 0 Å². The number of nitrogens with one attached hydrogen (secondary N) is 1. The van der Waals surface area contributed by atoms with Crippen LogP contribution in [-0.2, 0) is 11.0 Å². The largest absolute Gasteiger partial charge is 0.484 e. The molecular formula is C12H10F3NO2. The summed E-state index contributed by atoms with van der Waals surface area (Å²) in [6.45, 7) is -0.220. The van der Waals surface area contributed by atoms with Crippen LogP contribution in [0.5, 0.6) is 5.75 Å². The van der Waals surface area contributed by atoms with Gasteiger partial charge in [-0.15, -0.1) is 6.42 Å². The molecule has 3 nitrogen and oxygen atoms in total. The molecule has 96 valence electrons. The molecule has 0 saturated heterocycles. The fraction of sp³-hybridized carbons (Fsp3) is 0.250. The van der Waals surface area contributed by atoms with Gasteiger partial charge in [0, 0.05) is 0 Å². The molecule has 0 radical (unpaired) electrons. The Kier molecular flexibility index (Phi) is 4.60. The van der Waals surface area contributed by atoms with Gasteiger partial charge < -0.3 is 10.1 Å². The van der Waals surface area contributed by atoms with E-state index in [0.29, 0.717) is 0 Å². The molecule has 1 aromatic carbocycles. The van der Waals surface area contributed by atoms with Crippen LogP contribution in [0.2, 0.25) is 0 Å². The van der Waals surface area contributed by atoms with Crippen molar-refractivity contribution in [3.63, 3.8) is 0 Å². The molecule has 0 spiro atoms. The SMILES string of the molecule is C#CCNC(=O)COc1ccc(C(F)(F)F)cc1. The molecule has 1 aromatic rings. The minimum absolute atomic E-state index is 0.0786. The van der Waals surface area contributed by atoms with Crippen LogP contribution in [0.25, 0.3) is 0 Å². The maximum atomic E-state index is 12.2. The Hall–Kier alpha value is -2.16. The highest BCUT2D eigenvalue weighted by Crippen LogP contribution is 2.30. The maximum Gasteiger partial charge on any atom is 0.416 e. The van der Waals surface area contributed by atoms with E-state index in [2.05, 4.69) is 11.2 Å². The Balaban J connectivity index is 2.50. The summed E-state index contributed by atoms with van der Waals surface area (Å²) in [4.78, 5) is 11.1. The number of carbonyl (C=O) groups excluding carboxylic acids is 1. The highest BCUT2D eigenvalue weighted by molar-refractivity contribution is 5.77. The molecule has 0 fully saturated rings. The average molecular weight is 257 g/mol. The van der Waals surface area contributed by atoms with Crippen molar-refractivity contribution in [2.24, 2.45) is 0 Å². The minimum Gasteiger partial charge on any atom is -0.484 e. The van der Waals surface area contributed by atoms with Crippen LogP contribution in [0.1, 0.15) is 5.56 Å². The van der Waals surface area contributed by atoms with Gasteiger partial charge in [-0.2, -0.15) is 13.2 Å². The third kappa shape index (κ3) is 4.37. The van der Waals surface area contributed by atoms with Gasteiger partial charge in [-0.05, 0) is 24.3 Å². The van der Waals surface area contributed by atoms with Gasteiger partial charge in [-0.25, -0.2) is 0 Å². The molecule has 0 aliphatic heterocycles.